The first kappa shape index (κ1) is 18.7. The lowest BCUT2D eigenvalue weighted by molar-refractivity contribution is -0.133. The predicted molar refractivity (Wildman–Crippen MR) is 112 cm³/mol. The van der Waals surface area contributed by atoms with E-state index in [1.165, 1.54) is 22.1 Å². The number of nitrogens with zero attached hydrogens (tertiary/aromatic N) is 4. The van der Waals surface area contributed by atoms with Crippen molar-refractivity contribution in [2.24, 2.45) is 0 Å². The molecule has 2 heterocycles. The molecule has 5 nitrogen and oxygen atoms in total. The van der Waals surface area contributed by atoms with Crippen LogP contribution in [0.3, 0.4) is 0 Å². The third kappa shape index (κ3) is 3.94. The average molecular weight is 377 g/mol. The van der Waals surface area contributed by atoms with Gasteiger partial charge >= 0.3 is 0 Å². The lowest BCUT2D eigenvalue weighted by Crippen LogP contribution is -2.48. The predicted octanol–water partition coefficient (Wildman–Crippen LogP) is 3.39. The molecule has 0 unspecified atom stereocenters. The summed E-state index contributed by atoms with van der Waals surface area (Å²) in [5.41, 5.74) is 5.04. The molecule has 28 heavy (non-hydrogen) atoms. The minimum atomic E-state index is 0.229. The highest BCUT2D eigenvalue weighted by Crippen LogP contribution is 2.18. The number of hydrogen-bond acceptors (Lipinski definition) is 3. The van der Waals surface area contributed by atoms with Gasteiger partial charge in [0.25, 0.3) is 0 Å². The summed E-state index contributed by atoms with van der Waals surface area (Å²) in [7, 11) is 0. The van der Waals surface area contributed by atoms with Crippen LogP contribution in [0.4, 0.5) is 0 Å². The van der Waals surface area contributed by atoms with Gasteiger partial charge in [0.15, 0.2) is 0 Å². The number of fused-ring (bicyclic) bond motifs is 1. The average Bonchev–Trinajstić information content (AvgIpc) is 3.13. The third-order valence-corrected chi connectivity index (χ3v) is 5.82. The van der Waals surface area contributed by atoms with Crippen LogP contribution >= 0.6 is 0 Å². The summed E-state index contributed by atoms with van der Waals surface area (Å²) < 4.78 is 1.95. The SMILES string of the molecule is Cc1ccccc1CN1CCN(C(=O)CCn2ncc3c(C)cccc32)CC1. The highest BCUT2D eigenvalue weighted by molar-refractivity contribution is 5.82. The van der Waals surface area contributed by atoms with Crippen LogP contribution in [0.5, 0.6) is 0 Å². The molecule has 0 bridgehead atoms. The van der Waals surface area contributed by atoms with Crippen LogP contribution in [-0.4, -0.2) is 51.7 Å². The van der Waals surface area contributed by atoms with Crippen LogP contribution in [0.25, 0.3) is 10.9 Å². The van der Waals surface area contributed by atoms with E-state index < -0.39 is 0 Å². The number of rotatable bonds is 5. The van der Waals surface area contributed by atoms with Gasteiger partial charge in [0.2, 0.25) is 5.91 Å². The lowest BCUT2D eigenvalue weighted by Gasteiger charge is -2.35. The van der Waals surface area contributed by atoms with E-state index in [0.717, 1.165) is 38.2 Å². The Kier molecular flexibility index (Phi) is 5.44. The Balaban J connectivity index is 1.29. The van der Waals surface area contributed by atoms with Crippen LogP contribution in [0, 0.1) is 13.8 Å². The van der Waals surface area contributed by atoms with Gasteiger partial charge in [-0.2, -0.15) is 5.10 Å². The number of hydrogen-bond donors (Lipinski definition) is 0. The van der Waals surface area contributed by atoms with Crippen molar-refractivity contribution in [1.82, 2.24) is 19.6 Å². The zero-order chi connectivity index (χ0) is 19.5. The summed E-state index contributed by atoms with van der Waals surface area (Å²) in [6, 6.07) is 14.8. The normalized spacial score (nSPS) is 15.3. The van der Waals surface area contributed by atoms with Gasteiger partial charge in [0, 0.05) is 44.5 Å². The zero-order valence-corrected chi connectivity index (χ0v) is 16.8. The smallest absolute Gasteiger partial charge is 0.224 e. The molecule has 1 amide bonds. The van der Waals surface area contributed by atoms with E-state index in [2.05, 4.69) is 60.2 Å². The number of aromatic nitrogens is 2. The van der Waals surface area contributed by atoms with Crippen molar-refractivity contribution in [2.45, 2.75) is 33.4 Å². The molecule has 1 saturated heterocycles. The first-order chi connectivity index (χ1) is 13.6. The molecule has 1 fully saturated rings. The Morgan fingerprint density at radius 1 is 0.964 bits per heavy atom. The van der Waals surface area contributed by atoms with Crippen LogP contribution in [0.2, 0.25) is 0 Å². The number of benzene rings is 2. The Hall–Kier alpha value is -2.66. The Morgan fingerprint density at radius 3 is 2.50 bits per heavy atom. The summed E-state index contributed by atoms with van der Waals surface area (Å²) >= 11 is 0. The quantitative estimate of drug-likeness (QED) is 0.685. The molecule has 4 rings (SSSR count). The van der Waals surface area contributed by atoms with Crippen LogP contribution < -0.4 is 0 Å². The number of amides is 1. The molecular weight excluding hydrogens is 348 g/mol. The van der Waals surface area contributed by atoms with Crippen molar-refractivity contribution < 1.29 is 4.79 Å². The second kappa shape index (κ2) is 8.15. The molecule has 0 aliphatic carbocycles. The Bertz CT molecular complexity index is 970. The highest BCUT2D eigenvalue weighted by Gasteiger charge is 2.21. The molecule has 0 atom stereocenters. The summed E-state index contributed by atoms with van der Waals surface area (Å²) in [5.74, 6) is 0.229. The summed E-state index contributed by atoms with van der Waals surface area (Å²) in [5, 5.41) is 5.64. The topological polar surface area (TPSA) is 41.4 Å². The summed E-state index contributed by atoms with van der Waals surface area (Å²) in [4.78, 5) is 17.1. The maximum atomic E-state index is 12.7. The molecule has 5 heteroatoms. The van der Waals surface area contributed by atoms with Crippen molar-refractivity contribution in [1.29, 1.82) is 0 Å². The fourth-order valence-electron chi connectivity index (χ4n) is 3.97. The lowest BCUT2D eigenvalue weighted by atomic mass is 10.1. The van der Waals surface area contributed by atoms with Crippen LogP contribution in [-0.2, 0) is 17.9 Å². The monoisotopic (exact) mass is 376 g/mol. The minimum Gasteiger partial charge on any atom is -0.340 e. The van der Waals surface area contributed by atoms with E-state index in [0.29, 0.717) is 13.0 Å². The number of aryl methyl sites for hydroxylation is 3. The Morgan fingerprint density at radius 2 is 1.71 bits per heavy atom. The fourth-order valence-corrected chi connectivity index (χ4v) is 3.97. The molecule has 2 aromatic carbocycles. The van der Waals surface area contributed by atoms with Crippen LogP contribution in [0.15, 0.2) is 48.7 Å². The minimum absolute atomic E-state index is 0.229. The second-order valence-electron chi connectivity index (χ2n) is 7.71. The molecule has 1 aromatic heterocycles. The first-order valence-corrected chi connectivity index (χ1v) is 10.1. The van der Waals surface area contributed by atoms with Crippen molar-refractivity contribution in [3.63, 3.8) is 0 Å². The number of carbonyl (C=O) groups is 1. The van der Waals surface area contributed by atoms with Gasteiger partial charge in [0.05, 0.1) is 18.3 Å². The molecule has 0 radical (unpaired) electrons. The van der Waals surface area contributed by atoms with E-state index in [-0.39, 0.29) is 5.91 Å². The van der Waals surface area contributed by atoms with Gasteiger partial charge in [-0.1, -0.05) is 36.4 Å². The molecule has 146 valence electrons. The molecule has 0 N–H and O–H groups in total. The first-order valence-electron chi connectivity index (χ1n) is 10.1. The van der Waals surface area contributed by atoms with E-state index >= 15 is 0 Å². The second-order valence-corrected chi connectivity index (χ2v) is 7.71. The van der Waals surface area contributed by atoms with Gasteiger partial charge in [-0.25, -0.2) is 0 Å². The van der Waals surface area contributed by atoms with Crippen molar-refractivity contribution >= 4 is 16.8 Å². The van der Waals surface area contributed by atoms with Crippen molar-refractivity contribution in [2.75, 3.05) is 26.2 Å². The molecule has 3 aromatic rings. The third-order valence-electron chi connectivity index (χ3n) is 5.82. The van der Waals surface area contributed by atoms with Crippen molar-refractivity contribution in [3.05, 3.63) is 65.4 Å². The van der Waals surface area contributed by atoms with E-state index in [9.17, 15) is 4.79 Å². The number of carbonyl (C=O) groups excluding carboxylic acids is 1. The number of piperazine rings is 1. The van der Waals surface area contributed by atoms with Gasteiger partial charge < -0.3 is 4.90 Å². The van der Waals surface area contributed by atoms with E-state index in [1.54, 1.807) is 0 Å². The zero-order valence-electron chi connectivity index (χ0n) is 16.8. The maximum Gasteiger partial charge on any atom is 0.224 e. The van der Waals surface area contributed by atoms with Gasteiger partial charge in [-0.3, -0.25) is 14.4 Å². The van der Waals surface area contributed by atoms with Gasteiger partial charge in [-0.05, 0) is 36.6 Å². The standard InChI is InChI=1S/C23H28N4O/c1-18-6-3-4-8-20(18)17-25-12-14-26(15-13-25)23(28)10-11-27-22-9-5-7-19(2)21(22)16-24-27/h3-9,16H,10-15,17H2,1-2H3. The molecule has 0 spiro atoms. The summed E-state index contributed by atoms with van der Waals surface area (Å²) in [6.07, 6.45) is 2.40. The van der Waals surface area contributed by atoms with Crippen LogP contribution in [0.1, 0.15) is 23.1 Å². The van der Waals surface area contributed by atoms with E-state index in [1.807, 2.05) is 21.8 Å². The largest absolute Gasteiger partial charge is 0.340 e. The fraction of sp³-hybridized carbons (Fsp3) is 0.391. The molecule has 0 saturated carbocycles. The summed E-state index contributed by atoms with van der Waals surface area (Å²) in [6.45, 7) is 9.34. The Labute approximate surface area is 166 Å². The molecule has 1 aliphatic rings. The van der Waals surface area contributed by atoms with Gasteiger partial charge in [0.1, 0.15) is 0 Å². The molecule has 1 aliphatic heterocycles. The highest BCUT2D eigenvalue weighted by atomic mass is 16.2. The van der Waals surface area contributed by atoms with E-state index in [4.69, 9.17) is 0 Å². The van der Waals surface area contributed by atoms with Gasteiger partial charge in [-0.15, -0.1) is 0 Å². The maximum absolute atomic E-state index is 12.7. The molecular formula is C23H28N4O. The van der Waals surface area contributed by atoms with Crippen molar-refractivity contribution in [3.8, 4) is 0 Å².